The maximum absolute atomic E-state index is 11.5. The summed E-state index contributed by atoms with van der Waals surface area (Å²) in [6, 6.07) is 11.3. The zero-order chi connectivity index (χ0) is 25.0. The summed E-state index contributed by atoms with van der Waals surface area (Å²) >= 11 is 1.39. The number of carboxylic acid groups (broad SMARTS) is 2. The Bertz CT molecular complexity index is 1070. The van der Waals surface area contributed by atoms with Crippen molar-refractivity contribution in [3.05, 3.63) is 63.7 Å². The van der Waals surface area contributed by atoms with E-state index in [4.69, 9.17) is 19.7 Å². The zero-order valence-corrected chi connectivity index (χ0v) is 19.4. The molecule has 0 spiro atoms. The van der Waals surface area contributed by atoms with Crippen molar-refractivity contribution in [1.82, 2.24) is 0 Å². The Morgan fingerprint density at radius 1 is 1.00 bits per heavy atom. The second-order valence-corrected chi connectivity index (χ2v) is 9.47. The lowest BCUT2D eigenvalue weighted by atomic mass is 10.2. The van der Waals surface area contributed by atoms with Crippen LogP contribution in [0.5, 0.6) is 11.5 Å². The average Bonchev–Trinajstić information content (AvgIpc) is 2.73. The number of nitro groups is 1. The van der Waals surface area contributed by atoms with Gasteiger partial charge in [-0.05, 0) is 29.3 Å². The number of nitrogens with zero attached hydrogens (tertiary/aromatic N) is 1. The fourth-order valence-corrected chi connectivity index (χ4v) is 4.31. The van der Waals surface area contributed by atoms with Gasteiger partial charge in [-0.3, -0.25) is 19.7 Å². The van der Waals surface area contributed by atoms with Gasteiger partial charge in [-0.15, -0.1) is 11.8 Å². The summed E-state index contributed by atoms with van der Waals surface area (Å²) < 4.78 is 32.7. The van der Waals surface area contributed by atoms with Gasteiger partial charge in [0.1, 0.15) is 11.5 Å². The van der Waals surface area contributed by atoms with Crippen LogP contribution in [0.2, 0.25) is 0 Å². The van der Waals surface area contributed by atoms with Crippen molar-refractivity contribution in [3.63, 3.8) is 0 Å². The fourth-order valence-electron chi connectivity index (χ4n) is 2.44. The predicted octanol–water partition coefficient (Wildman–Crippen LogP) is 2.62. The zero-order valence-electron chi connectivity index (χ0n) is 17.8. The summed E-state index contributed by atoms with van der Waals surface area (Å²) in [6.07, 6.45) is 0. The monoisotopic (exact) mass is 501 g/mol. The minimum absolute atomic E-state index is 0.00406. The van der Waals surface area contributed by atoms with Crippen LogP contribution in [0.25, 0.3) is 0 Å². The highest BCUT2D eigenvalue weighted by Crippen LogP contribution is 2.28. The van der Waals surface area contributed by atoms with Gasteiger partial charge in [0.25, 0.3) is 0 Å². The second kappa shape index (κ2) is 13.3. The largest absolute Gasteiger partial charge is 0.497 e. The minimum Gasteiger partial charge on any atom is -0.497 e. The number of sulfone groups is 1. The first-order valence-corrected chi connectivity index (χ1v) is 12.1. The molecule has 0 aliphatic carbocycles. The summed E-state index contributed by atoms with van der Waals surface area (Å²) in [5, 5.41) is 27.6. The number of aliphatic carboxylic acids is 2. The van der Waals surface area contributed by atoms with Gasteiger partial charge in [-0.25, -0.2) is 8.42 Å². The number of ether oxygens (including phenoxy) is 2. The lowest BCUT2D eigenvalue weighted by Gasteiger charge is -2.05. The molecule has 0 atom stereocenters. The lowest BCUT2D eigenvalue weighted by molar-refractivity contribution is -0.385. The molecule has 0 aliphatic rings. The SMILES string of the molecule is COc1ccc(CS(=O)(=O)CC(=O)O)cc1[N+](=O)[O-].COc1ccc(CSCC(=O)O)cc1. The Labute approximate surface area is 194 Å². The van der Waals surface area contributed by atoms with Gasteiger partial charge in [0.05, 0.1) is 30.6 Å². The van der Waals surface area contributed by atoms with Crippen molar-refractivity contribution in [2.24, 2.45) is 0 Å². The van der Waals surface area contributed by atoms with Crippen molar-refractivity contribution in [2.75, 3.05) is 25.7 Å². The van der Waals surface area contributed by atoms with Gasteiger partial charge in [0.2, 0.25) is 0 Å². The molecular weight excluding hydrogens is 478 g/mol. The minimum atomic E-state index is -3.86. The molecule has 0 aliphatic heterocycles. The molecular formula is C20H23NO10S2. The van der Waals surface area contributed by atoms with E-state index in [0.717, 1.165) is 23.1 Å². The molecule has 0 radical (unpaired) electrons. The molecule has 180 valence electrons. The Morgan fingerprint density at radius 3 is 2.09 bits per heavy atom. The number of carbonyl (C=O) groups is 2. The van der Waals surface area contributed by atoms with Crippen LogP contribution in [0.1, 0.15) is 11.1 Å². The van der Waals surface area contributed by atoms with Gasteiger partial charge in [0.15, 0.2) is 15.6 Å². The molecule has 0 aromatic heterocycles. The Balaban J connectivity index is 0.000000346. The van der Waals surface area contributed by atoms with Gasteiger partial charge < -0.3 is 19.7 Å². The number of hydrogen-bond acceptors (Lipinski definition) is 9. The first-order chi connectivity index (χ1) is 15.5. The normalized spacial score (nSPS) is 10.5. The van der Waals surface area contributed by atoms with Crippen LogP contribution >= 0.6 is 11.8 Å². The topological polar surface area (TPSA) is 170 Å². The number of nitro benzene ring substituents is 1. The van der Waals surface area contributed by atoms with E-state index >= 15 is 0 Å². The van der Waals surface area contributed by atoms with E-state index in [0.29, 0.717) is 0 Å². The Hall–Kier alpha value is -3.32. The average molecular weight is 502 g/mol. The van der Waals surface area contributed by atoms with Crippen LogP contribution in [-0.4, -0.2) is 61.2 Å². The number of carboxylic acids is 2. The van der Waals surface area contributed by atoms with Crippen LogP contribution < -0.4 is 9.47 Å². The summed E-state index contributed by atoms with van der Waals surface area (Å²) in [5.74, 6) is -2.16. The molecule has 0 amide bonds. The molecule has 0 saturated carbocycles. The second-order valence-electron chi connectivity index (χ2n) is 6.42. The van der Waals surface area contributed by atoms with Crippen LogP contribution in [0.3, 0.4) is 0 Å². The molecule has 33 heavy (non-hydrogen) atoms. The van der Waals surface area contributed by atoms with Crippen molar-refractivity contribution in [2.45, 2.75) is 11.5 Å². The van der Waals surface area contributed by atoms with E-state index in [9.17, 15) is 28.1 Å². The third kappa shape index (κ3) is 10.7. The summed E-state index contributed by atoms with van der Waals surface area (Å²) in [6.45, 7) is 0. The Kier molecular flexibility index (Phi) is 11.2. The molecule has 2 aromatic carbocycles. The molecule has 0 heterocycles. The first-order valence-electron chi connectivity index (χ1n) is 9.13. The molecule has 2 aromatic rings. The predicted molar refractivity (Wildman–Crippen MR) is 122 cm³/mol. The summed E-state index contributed by atoms with van der Waals surface area (Å²) in [4.78, 5) is 30.7. The van der Waals surface area contributed by atoms with Gasteiger partial charge >= 0.3 is 17.6 Å². The van der Waals surface area contributed by atoms with E-state index < -0.39 is 38.2 Å². The molecule has 0 fully saturated rings. The van der Waals surface area contributed by atoms with Crippen molar-refractivity contribution >= 4 is 39.2 Å². The molecule has 2 rings (SSSR count). The van der Waals surface area contributed by atoms with Crippen molar-refractivity contribution in [3.8, 4) is 11.5 Å². The van der Waals surface area contributed by atoms with E-state index in [1.54, 1.807) is 7.11 Å². The third-order valence-electron chi connectivity index (χ3n) is 3.82. The van der Waals surface area contributed by atoms with Gasteiger partial charge in [0, 0.05) is 11.8 Å². The van der Waals surface area contributed by atoms with Crippen LogP contribution in [0.15, 0.2) is 42.5 Å². The maximum atomic E-state index is 11.5. The van der Waals surface area contributed by atoms with E-state index in [-0.39, 0.29) is 22.8 Å². The molecule has 2 N–H and O–H groups in total. The van der Waals surface area contributed by atoms with E-state index in [1.165, 1.54) is 31.0 Å². The van der Waals surface area contributed by atoms with E-state index in [1.807, 2.05) is 24.3 Å². The number of hydrogen-bond donors (Lipinski definition) is 2. The standard InChI is InChI=1S/C10H11NO7S.C10H12O3S/c1-18-9-3-2-7(4-8(9)11(14)15)5-19(16,17)6-10(12)13;1-13-9-4-2-8(3-5-9)6-14-7-10(11)12/h2-4H,5-6H2,1H3,(H,12,13);2-5H,6-7H2,1H3,(H,11,12). The number of thioether (sulfide) groups is 1. The number of methoxy groups -OCH3 is 2. The third-order valence-corrected chi connectivity index (χ3v) is 6.27. The first kappa shape index (κ1) is 27.7. The summed E-state index contributed by atoms with van der Waals surface area (Å²) in [5.41, 5.74) is 0.872. The van der Waals surface area contributed by atoms with Crippen LogP contribution in [0, 0.1) is 10.1 Å². The van der Waals surface area contributed by atoms with Gasteiger partial charge in [-0.1, -0.05) is 18.2 Å². The Morgan fingerprint density at radius 2 is 1.61 bits per heavy atom. The van der Waals surface area contributed by atoms with Crippen LogP contribution in [0.4, 0.5) is 5.69 Å². The van der Waals surface area contributed by atoms with Crippen molar-refractivity contribution < 1.29 is 42.6 Å². The van der Waals surface area contributed by atoms with E-state index in [2.05, 4.69) is 0 Å². The van der Waals surface area contributed by atoms with Crippen molar-refractivity contribution in [1.29, 1.82) is 0 Å². The molecule has 0 unspecified atom stereocenters. The van der Waals surface area contributed by atoms with Crippen LogP contribution in [-0.2, 0) is 30.9 Å². The highest BCUT2D eigenvalue weighted by Gasteiger charge is 2.20. The fraction of sp³-hybridized carbons (Fsp3) is 0.300. The molecule has 0 saturated heterocycles. The number of rotatable bonds is 11. The smallest absolute Gasteiger partial charge is 0.318 e. The highest BCUT2D eigenvalue weighted by atomic mass is 32.2. The molecule has 11 nitrogen and oxygen atoms in total. The number of benzene rings is 2. The lowest BCUT2D eigenvalue weighted by Crippen LogP contribution is -2.17. The molecule has 13 heteroatoms. The highest BCUT2D eigenvalue weighted by molar-refractivity contribution is 7.99. The summed E-state index contributed by atoms with van der Waals surface area (Å²) in [7, 11) is -0.986. The van der Waals surface area contributed by atoms with Gasteiger partial charge in [-0.2, -0.15) is 0 Å². The molecule has 0 bridgehead atoms. The maximum Gasteiger partial charge on any atom is 0.318 e. The quantitative estimate of drug-likeness (QED) is 0.342.